The topological polar surface area (TPSA) is 68.5 Å². The minimum absolute atomic E-state index is 0.127. The van der Waals surface area contributed by atoms with Crippen LogP contribution in [-0.2, 0) is 16.0 Å². The zero-order valence-corrected chi connectivity index (χ0v) is 13.8. The maximum Gasteiger partial charge on any atom is 0.255 e. The molecule has 0 N–H and O–H groups in total. The van der Waals surface area contributed by atoms with Crippen LogP contribution >= 0.6 is 11.3 Å². The standard InChI is InChI=1S/C16H19N3O3S/c1-10-17-16(22-18-10)14-7-12-8-19(4-2-13(12)21-14)15(20)6-11-3-5-23-9-11/h3,5,9,12-14H,2,4,6-8H2,1H3/t12-,13+,14+/m0/s1. The summed E-state index contributed by atoms with van der Waals surface area (Å²) in [7, 11) is 0. The third-order valence-electron chi connectivity index (χ3n) is 4.63. The van der Waals surface area contributed by atoms with Crippen molar-refractivity contribution in [1.29, 1.82) is 0 Å². The fraction of sp³-hybridized carbons (Fsp3) is 0.562. The number of fused-ring (bicyclic) bond motifs is 1. The van der Waals surface area contributed by atoms with E-state index in [1.807, 2.05) is 21.7 Å². The summed E-state index contributed by atoms with van der Waals surface area (Å²) in [6, 6.07) is 2.02. The molecule has 2 aliphatic rings. The molecular formula is C16H19N3O3S. The van der Waals surface area contributed by atoms with Crippen molar-refractivity contribution in [2.75, 3.05) is 13.1 Å². The smallest absolute Gasteiger partial charge is 0.255 e. The molecule has 0 aromatic carbocycles. The van der Waals surface area contributed by atoms with Crippen molar-refractivity contribution >= 4 is 17.2 Å². The number of thiophene rings is 1. The van der Waals surface area contributed by atoms with Crippen LogP contribution in [0.4, 0.5) is 0 Å². The largest absolute Gasteiger partial charge is 0.365 e. The second kappa shape index (κ2) is 6.05. The van der Waals surface area contributed by atoms with Crippen molar-refractivity contribution in [3.05, 3.63) is 34.1 Å². The van der Waals surface area contributed by atoms with E-state index in [1.54, 1.807) is 18.3 Å². The molecule has 4 rings (SSSR count). The SMILES string of the molecule is Cc1noc([C@H]2C[C@H]3CN(C(=O)Cc4ccsc4)CC[C@H]3O2)n1. The van der Waals surface area contributed by atoms with Gasteiger partial charge in [-0.15, -0.1) is 0 Å². The number of amides is 1. The zero-order valence-electron chi connectivity index (χ0n) is 13.0. The van der Waals surface area contributed by atoms with E-state index in [0.717, 1.165) is 31.5 Å². The Kier molecular flexibility index (Phi) is 3.90. The third kappa shape index (κ3) is 3.03. The monoisotopic (exact) mass is 333 g/mol. The second-order valence-corrected chi connectivity index (χ2v) is 7.06. The van der Waals surface area contributed by atoms with Gasteiger partial charge in [0.05, 0.1) is 12.5 Å². The molecule has 2 fully saturated rings. The van der Waals surface area contributed by atoms with Gasteiger partial charge in [0.2, 0.25) is 5.91 Å². The lowest BCUT2D eigenvalue weighted by Gasteiger charge is -2.34. The van der Waals surface area contributed by atoms with Gasteiger partial charge < -0.3 is 14.2 Å². The first-order valence-electron chi connectivity index (χ1n) is 7.93. The van der Waals surface area contributed by atoms with Crippen molar-refractivity contribution in [3.63, 3.8) is 0 Å². The molecule has 122 valence electrons. The Labute approximate surface area is 138 Å². The summed E-state index contributed by atoms with van der Waals surface area (Å²) >= 11 is 1.63. The summed E-state index contributed by atoms with van der Waals surface area (Å²) < 4.78 is 11.3. The number of rotatable bonds is 3. The molecule has 0 spiro atoms. The number of aromatic nitrogens is 2. The molecule has 2 aromatic heterocycles. The lowest BCUT2D eigenvalue weighted by Crippen LogP contribution is -2.45. The predicted molar refractivity (Wildman–Crippen MR) is 84.0 cm³/mol. The van der Waals surface area contributed by atoms with Gasteiger partial charge >= 0.3 is 0 Å². The lowest BCUT2D eigenvalue weighted by atomic mass is 9.92. The number of hydrogen-bond acceptors (Lipinski definition) is 6. The van der Waals surface area contributed by atoms with E-state index >= 15 is 0 Å². The number of ether oxygens (including phenoxy) is 1. The minimum atomic E-state index is -0.127. The maximum absolute atomic E-state index is 12.5. The Hall–Kier alpha value is -1.73. The molecule has 2 saturated heterocycles. The molecule has 0 bridgehead atoms. The zero-order chi connectivity index (χ0) is 15.8. The Morgan fingerprint density at radius 3 is 3.17 bits per heavy atom. The van der Waals surface area contributed by atoms with Crippen LogP contribution in [0, 0.1) is 12.8 Å². The third-order valence-corrected chi connectivity index (χ3v) is 5.36. The van der Waals surface area contributed by atoms with Crippen LogP contribution in [0.5, 0.6) is 0 Å². The number of nitrogens with zero attached hydrogens (tertiary/aromatic N) is 3. The quantitative estimate of drug-likeness (QED) is 0.862. The van der Waals surface area contributed by atoms with E-state index in [2.05, 4.69) is 10.1 Å². The Morgan fingerprint density at radius 1 is 1.52 bits per heavy atom. The first-order chi connectivity index (χ1) is 11.2. The number of piperidine rings is 1. The van der Waals surface area contributed by atoms with Gasteiger partial charge in [-0.25, -0.2) is 0 Å². The number of aryl methyl sites for hydroxylation is 1. The molecule has 0 aliphatic carbocycles. The van der Waals surface area contributed by atoms with Crippen LogP contribution < -0.4 is 0 Å². The number of carbonyl (C=O) groups is 1. The molecule has 4 heterocycles. The molecule has 2 aliphatic heterocycles. The molecule has 0 saturated carbocycles. The highest BCUT2D eigenvalue weighted by Gasteiger charge is 2.42. The van der Waals surface area contributed by atoms with E-state index < -0.39 is 0 Å². The molecule has 23 heavy (non-hydrogen) atoms. The van der Waals surface area contributed by atoms with Gasteiger partial charge in [-0.1, -0.05) is 5.16 Å². The highest BCUT2D eigenvalue weighted by Crippen LogP contribution is 2.40. The second-order valence-electron chi connectivity index (χ2n) is 6.28. The van der Waals surface area contributed by atoms with Crippen molar-refractivity contribution in [1.82, 2.24) is 15.0 Å². The van der Waals surface area contributed by atoms with E-state index in [9.17, 15) is 4.79 Å². The van der Waals surface area contributed by atoms with Gasteiger partial charge in [0.1, 0.15) is 6.10 Å². The number of carbonyl (C=O) groups excluding carboxylic acids is 1. The van der Waals surface area contributed by atoms with Crippen LogP contribution in [0.2, 0.25) is 0 Å². The summed E-state index contributed by atoms with van der Waals surface area (Å²) in [5.41, 5.74) is 1.10. The van der Waals surface area contributed by atoms with Crippen LogP contribution in [0.1, 0.15) is 36.2 Å². The van der Waals surface area contributed by atoms with E-state index in [-0.39, 0.29) is 18.1 Å². The average Bonchev–Trinajstić information content (AvgIpc) is 3.25. The lowest BCUT2D eigenvalue weighted by molar-refractivity contribution is -0.133. The van der Waals surface area contributed by atoms with Crippen molar-refractivity contribution in [2.45, 2.75) is 38.4 Å². The van der Waals surface area contributed by atoms with Crippen molar-refractivity contribution < 1.29 is 14.1 Å². The number of likely N-dealkylation sites (tertiary alicyclic amines) is 1. The molecule has 6 nitrogen and oxygen atoms in total. The average molecular weight is 333 g/mol. The molecule has 0 radical (unpaired) electrons. The van der Waals surface area contributed by atoms with E-state index in [0.29, 0.717) is 24.1 Å². The highest BCUT2D eigenvalue weighted by atomic mass is 32.1. The van der Waals surface area contributed by atoms with Crippen LogP contribution in [-0.4, -0.2) is 40.1 Å². The predicted octanol–water partition coefficient (Wildman–Crippen LogP) is 2.36. The summed E-state index contributed by atoms with van der Waals surface area (Å²) in [6.07, 6.45) is 2.28. The van der Waals surface area contributed by atoms with Crippen molar-refractivity contribution in [2.24, 2.45) is 5.92 Å². The first-order valence-corrected chi connectivity index (χ1v) is 8.88. The van der Waals surface area contributed by atoms with Gasteiger partial charge in [0.15, 0.2) is 5.82 Å². The van der Waals surface area contributed by atoms with Crippen LogP contribution in [0.15, 0.2) is 21.3 Å². The Balaban J connectivity index is 1.38. The number of hydrogen-bond donors (Lipinski definition) is 0. The molecule has 3 atom stereocenters. The van der Waals surface area contributed by atoms with E-state index in [4.69, 9.17) is 9.26 Å². The van der Waals surface area contributed by atoms with Gasteiger partial charge in [0.25, 0.3) is 5.89 Å². The Morgan fingerprint density at radius 2 is 2.43 bits per heavy atom. The molecule has 1 amide bonds. The first kappa shape index (κ1) is 14.8. The summed E-state index contributed by atoms with van der Waals surface area (Å²) in [6.45, 7) is 3.33. The van der Waals surface area contributed by atoms with Gasteiger partial charge in [-0.3, -0.25) is 4.79 Å². The summed E-state index contributed by atoms with van der Waals surface area (Å²) in [5, 5.41) is 7.88. The van der Waals surface area contributed by atoms with Crippen LogP contribution in [0.25, 0.3) is 0 Å². The fourth-order valence-corrected chi connectivity index (χ4v) is 4.14. The van der Waals surface area contributed by atoms with E-state index in [1.165, 1.54) is 0 Å². The summed E-state index contributed by atoms with van der Waals surface area (Å²) in [5.74, 6) is 1.76. The highest BCUT2D eigenvalue weighted by molar-refractivity contribution is 7.07. The van der Waals surface area contributed by atoms with Gasteiger partial charge in [-0.2, -0.15) is 16.3 Å². The fourth-order valence-electron chi connectivity index (χ4n) is 3.47. The van der Waals surface area contributed by atoms with Gasteiger partial charge in [0, 0.05) is 19.0 Å². The van der Waals surface area contributed by atoms with Crippen LogP contribution in [0.3, 0.4) is 0 Å². The molecular weight excluding hydrogens is 314 g/mol. The normalized spacial score (nSPS) is 27.2. The molecule has 0 unspecified atom stereocenters. The minimum Gasteiger partial charge on any atom is -0.365 e. The Bertz CT molecular complexity index is 685. The molecule has 2 aromatic rings. The molecule has 7 heteroatoms. The summed E-state index contributed by atoms with van der Waals surface area (Å²) in [4.78, 5) is 18.7. The maximum atomic E-state index is 12.5. The van der Waals surface area contributed by atoms with Gasteiger partial charge in [-0.05, 0) is 42.2 Å². The van der Waals surface area contributed by atoms with Crippen molar-refractivity contribution in [3.8, 4) is 0 Å².